The summed E-state index contributed by atoms with van der Waals surface area (Å²) < 4.78 is 0.921. The Morgan fingerprint density at radius 3 is 2.89 bits per heavy atom. The number of fused-ring (bicyclic) bond motifs is 1. The molecule has 0 aromatic carbocycles. The SMILES string of the molecule is NC1CC[C@@H]2CN(C(=O)c3cc(Br)c[nH]3)C[C@@H]2C1. The summed E-state index contributed by atoms with van der Waals surface area (Å²) >= 11 is 3.36. The molecule has 1 saturated heterocycles. The number of nitrogens with zero attached hydrogens (tertiary/aromatic N) is 1. The molecule has 98 valence electrons. The zero-order chi connectivity index (χ0) is 12.7. The number of carbonyl (C=O) groups is 1. The minimum atomic E-state index is 0.115. The largest absolute Gasteiger partial charge is 0.356 e. The molecule has 18 heavy (non-hydrogen) atoms. The molecular formula is C13H18BrN3O. The van der Waals surface area contributed by atoms with E-state index in [0.717, 1.165) is 30.4 Å². The smallest absolute Gasteiger partial charge is 0.270 e. The number of aromatic nitrogens is 1. The Morgan fingerprint density at radius 2 is 2.17 bits per heavy atom. The highest BCUT2D eigenvalue weighted by molar-refractivity contribution is 9.10. The first-order valence-corrected chi connectivity index (χ1v) is 7.31. The van der Waals surface area contributed by atoms with Crippen LogP contribution in [0, 0.1) is 11.8 Å². The van der Waals surface area contributed by atoms with Gasteiger partial charge >= 0.3 is 0 Å². The van der Waals surface area contributed by atoms with Crippen molar-refractivity contribution in [1.29, 1.82) is 0 Å². The van der Waals surface area contributed by atoms with E-state index in [4.69, 9.17) is 5.73 Å². The lowest BCUT2D eigenvalue weighted by Crippen LogP contribution is -2.32. The molecule has 3 N–H and O–H groups in total. The van der Waals surface area contributed by atoms with Crippen LogP contribution in [-0.2, 0) is 0 Å². The highest BCUT2D eigenvalue weighted by Crippen LogP contribution is 2.36. The van der Waals surface area contributed by atoms with E-state index < -0.39 is 0 Å². The van der Waals surface area contributed by atoms with E-state index in [9.17, 15) is 4.79 Å². The molecule has 1 aliphatic carbocycles. The maximum atomic E-state index is 12.3. The monoisotopic (exact) mass is 311 g/mol. The van der Waals surface area contributed by atoms with E-state index in [1.165, 1.54) is 6.42 Å². The summed E-state index contributed by atoms with van der Waals surface area (Å²) in [4.78, 5) is 17.3. The fourth-order valence-corrected chi connectivity index (χ4v) is 3.64. The number of nitrogens with one attached hydrogen (secondary N) is 1. The fourth-order valence-electron chi connectivity index (χ4n) is 3.30. The first-order chi connectivity index (χ1) is 8.63. The highest BCUT2D eigenvalue weighted by Gasteiger charge is 2.38. The molecular weight excluding hydrogens is 294 g/mol. The van der Waals surface area contributed by atoms with Gasteiger partial charge in [0, 0.05) is 29.8 Å². The second-order valence-corrected chi connectivity index (χ2v) is 6.45. The lowest BCUT2D eigenvalue weighted by molar-refractivity contribution is 0.0779. The predicted octanol–water partition coefficient (Wildman–Crippen LogP) is 1.98. The molecule has 5 heteroatoms. The number of hydrogen-bond donors (Lipinski definition) is 2. The van der Waals surface area contributed by atoms with Gasteiger partial charge in [-0.1, -0.05) is 0 Å². The molecule has 2 fully saturated rings. The van der Waals surface area contributed by atoms with Crippen LogP contribution in [0.15, 0.2) is 16.7 Å². The standard InChI is InChI=1S/C13H18BrN3O/c14-10-4-12(16-5-10)13(18)17-6-8-1-2-11(15)3-9(8)7-17/h4-5,8-9,11,16H,1-3,6-7,15H2/t8-,9+,11?/m1/s1. The minimum absolute atomic E-state index is 0.115. The van der Waals surface area contributed by atoms with Crippen LogP contribution in [0.4, 0.5) is 0 Å². The van der Waals surface area contributed by atoms with Gasteiger partial charge in [-0.05, 0) is 53.1 Å². The Labute approximate surface area is 115 Å². The molecule has 1 unspecified atom stereocenters. The molecule has 1 saturated carbocycles. The summed E-state index contributed by atoms with van der Waals surface area (Å²) in [5.74, 6) is 1.38. The van der Waals surface area contributed by atoms with Crippen molar-refractivity contribution in [3.8, 4) is 0 Å². The lowest BCUT2D eigenvalue weighted by Gasteiger charge is -2.27. The summed E-state index contributed by atoms with van der Waals surface area (Å²) in [5, 5.41) is 0. The second-order valence-electron chi connectivity index (χ2n) is 5.53. The van der Waals surface area contributed by atoms with Gasteiger partial charge in [0.05, 0.1) is 0 Å². The summed E-state index contributed by atoms with van der Waals surface area (Å²) in [7, 11) is 0. The Morgan fingerprint density at radius 1 is 1.39 bits per heavy atom. The van der Waals surface area contributed by atoms with E-state index >= 15 is 0 Å². The molecule has 0 radical (unpaired) electrons. The number of nitrogens with two attached hydrogens (primary N) is 1. The Bertz CT molecular complexity index is 459. The van der Waals surface area contributed by atoms with Gasteiger partial charge in [-0.2, -0.15) is 0 Å². The van der Waals surface area contributed by atoms with Crippen LogP contribution in [0.3, 0.4) is 0 Å². The van der Waals surface area contributed by atoms with Gasteiger partial charge in [0.1, 0.15) is 5.69 Å². The zero-order valence-corrected chi connectivity index (χ0v) is 11.8. The molecule has 4 nitrogen and oxygen atoms in total. The third-order valence-electron chi connectivity index (χ3n) is 4.26. The highest BCUT2D eigenvalue weighted by atomic mass is 79.9. The first kappa shape index (κ1) is 12.2. The van der Waals surface area contributed by atoms with Crippen molar-refractivity contribution in [3.63, 3.8) is 0 Å². The summed E-state index contributed by atoms with van der Waals surface area (Å²) in [6, 6.07) is 2.18. The quantitative estimate of drug-likeness (QED) is 0.833. The normalized spacial score (nSPS) is 31.4. The van der Waals surface area contributed by atoms with Crippen LogP contribution in [0.2, 0.25) is 0 Å². The third kappa shape index (κ3) is 2.21. The van der Waals surface area contributed by atoms with Crippen LogP contribution in [0.25, 0.3) is 0 Å². The molecule has 3 rings (SSSR count). The van der Waals surface area contributed by atoms with Crippen LogP contribution in [-0.4, -0.2) is 34.9 Å². The fraction of sp³-hybridized carbons (Fsp3) is 0.615. The maximum Gasteiger partial charge on any atom is 0.270 e. The summed E-state index contributed by atoms with van der Waals surface area (Å²) in [6.45, 7) is 1.76. The maximum absolute atomic E-state index is 12.3. The molecule has 0 spiro atoms. The van der Waals surface area contributed by atoms with Gasteiger partial charge in [0.2, 0.25) is 0 Å². The van der Waals surface area contributed by atoms with Crippen molar-refractivity contribution in [2.45, 2.75) is 25.3 Å². The van der Waals surface area contributed by atoms with Gasteiger partial charge in [-0.15, -0.1) is 0 Å². The Balaban J connectivity index is 1.70. The predicted molar refractivity (Wildman–Crippen MR) is 73.2 cm³/mol. The Hall–Kier alpha value is -0.810. The molecule has 0 bridgehead atoms. The van der Waals surface area contributed by atoms with Crippen molar-refractivity contribution in [1.82, 2.24) is 9.88 Å². The number of likely N-dealkylation sites (tertiary alicyclic amines) is 1. The van der Waals surface area contributed by atoms with E-state index in [0.29, 0.717) is 23.6 Å². The van der Waals surface area contributed by atoms with E-state index in [1.807, 2.05) is 11.0 Å². The number of halogens is 1. The number of carbonyl (C=O) groups excluding carboxylic acids is 1. The zero-order valence-electron chi connectivity index (χ0n) is 10.2. The van der Waals surface area contributed by atoms with Crippen LogP contribution >= 0.6 is 15.9 Å². The molecule has 1 aliphatic heterocycles. The molecule has 2 aliphatic rings. The lowest BCUT2D eigenvalue weighted by atomic mass is 9.79. The van der Waals surface area contributed by atoms with Crippen molar-refractivity contribution in [2.75, 3.05) is 13.1 Å². The second kappa shape index (κ2) is 4.70. The van der Waals surface area contributed by atoms with Crippen LogP contribution < -0.4 is 5.73 Å². The number of H-pyrrole nitrogens is 1. The average Bonchev–Trinajstić information content (AvgIpc) is 2.93. The molecule has 1 aromatic rings. The van der Waals surface area contributed by atoms with Crippen molar-refractivity contribution < 1.29 is 4.79 Å². The molecule has 2 heterocycles. The minimum Gasteiger partial charge on any atom is -0.356 e. The average molecular weight is 312 g/mol. The van der Waals surface area contributed by atoms with Crippen molar-refractivity contribution >= 4 is 21.8 Å². The van der Waals surface area contributed by atoms with Gasteiger partial charge < -0.3 is 15.6 Å². The molecule has 3 atom stereocenters. The summed E-state index contributed by atoms with van der Waals surface area (Å²) in [5.41, 5.74) is 6.68. The topological polar surface area (TPSA) is 62.1 Å². The van der Waals surface area contributed by atoms with Gasteiger partial charge in [-0.3, -0.25) is 4.79 Å². The van der Waals surface area contributed by atoms with Gasteiger partial charge in [0.15, 0.2) is 0 Å². The van der Waals surface area contributed by atoms with Crippen LogP contribution in [0.1, 0.15) is 29.8 Å². The number of hydrogen-bond acceptors (Lipinski definition) is 2. The van der Waals surface area contributed by atoms with Gasteiger partial charge in [-0.25, -0.2) is 0 Å². The van der Waals surface area contributed by atoms with E-state index in [-0.39, 0.29) is 5.91 Å². The number of amides is 1. The Kier molecular flexibility index (Phi) is 3.20. The van der Waals surface area contributed by atoms with E-state index in [1.54, 1.807) is 6.20 Å². The number of aromatic amines is 1. The van der Waals surface area contributed by atoms with Crippen molar-refractivity contribution in [3.05, 3.63) is 22.4 Å². The summed E-state index contributed by atoms with van der Waals surface area (Å²) in [6.07, 6.45) is 5.15. The number of rotatable bonds is 1. The molecule has 1 amide bonds. The van der Waals surface area contributed by atoms with Gasteiger partial charge in [0.25, 0.3) is 5.91 Å². The first-order valence-electron chi connectivity index (χ1n) is 6.52. The van der Waals surface area contributed by atoms with E-state index in [2.05, 4.69) is 20.9 Å². The van der Waals surface area contributed by atoms with Crippen LogP contribution in [0.5, 0.6) is 0 Å². The third-order valence-corrected chi connectivity index (χ3v) is 4.71. The molecule has 1 aromatic heterocycles. The van der Waals surface area contributed by atoms with Crippen molar-refractivity contribution in [2.24, 2.45) is 17.6 Å².